The Morgan fingerprint density at radius 1 is 1.50 bits per heavy atom. The van der Waals surface area contributed by atoms with Gasteiger partial charge in [-0.2, -0.15) is 0 Å². The molecule has 0 saturated carbocycles. The molecule has 0 spiro atoms. The molecule has 0 heterocycles. The Morgan fingerprint density at radius 3 is 2.50 bits per heavy atom. The van der Waals surface area contributed by atoms with E-state index in [2.05, 4.69) is 4.74 Å². The van der Waals surface area contributed by atoms with Gasteiger partial charge in [-0.3, -0.25) is 0 Å². The van der Waals surface area contributed by atoms with Gasteiger partial charge in [-0.1, -0.05) is 36.3 Å². The molecule has 1 aromatic carbocycles. The zero-order chi connectivity index (χ0) is 10.6. The molecule has 1 N–H and O–H groups in total. The summed E-state index contributed by atoms with van der Waals surface area (Å²) in [4.78, 5) is 11.3. The second-order valence-corrected chi connectivity index (χ2v) is 2.71. The largest absolute Gasteiger partial charge is 0.466 e. The quantitative estimate of drug-likeness (QED) is 0.551. The van der Waals surface area contributed by atoms with Crippen LogP contribution in [0.5, 0.6) is 0 Å². The molecular weight excluding hydrogens is 180 g/mol. The van der Waals surface area contributed by atoms with Gasteiger partial charge >= 0.3 is 5.97 Å². The van der Waals surface area contributed by atoms with E-state index in [4.69, 9.17) is 6.42 Å². The van der Waals surface area contributed by atoms with Crippen LogP contribution < -0.4 is 0 Å². The van der Waals surface area contributed by atoms with Crippen molar-refractivity contribution >= 4 is 5.97 Å². The third kappa shape index (κ3) is 1.61. The van der Waals surface area contributed by atoms with E-state index in [1.165, 1.54) is 7.11 Å². The van der Waals surface area contributed by atoms with Crippen molar-refractivity contribution in [1.82, 2.24) is 0 Å². The topological polar surface area (TPSA) is 46.5 Å². The van der Waals surface area contributed by atoms with E-state index in [0.29, 0.717) is 5.56 Å². The van der Waals surface area contributed by atoms with Crippen LogP contribution in [0.15, 0.2) is 30.3 Å². The SMILES string of the molecule is C#CC(O)(C(=O)OC)c1ccccc1. The Kier molecular flexibility index (Phi) is 2.90. The Balaban J connectivity index is 3.17. The summed E-state index contributed by atoms with van der Waals surface area (Å²) in [6, 6.07) is 8.26. The minimum atomic E-state index is -1.99. The first kappa shape index (κ1) is 10.3. The molecule has 0 saturated heterocycles. The van der Waals surface area contributed by atoms with Crippen molar-refractivity contribution in [2.75, 3.05) is 7.11 Å². The van der Waals surface area contributed by atoms with Gasteiger partial charge in [-0.15, -0.1) is 6.42 Å². The molecule has 0 aliphatic rings. The molecule has 72 valence electrons. The van der Waals surface area contributed by atoms with Crippen LogP contribution in [-0.4, -0.2) is 18.2 Å². The van der Waals surface area contributed by atoms with Crippen LogP contribution in [0.3, 0.4) is 0 Å². The standard InChI is InChI=1S/C11H10O3/c1-3-11(13,10(12)14-2)9-7-5-4-6-8-9/h1,4-8,13H,2H3. The van der Waals surface area contributed by atoms with Crippen LogP contribution in [0.1, 0.15) is 5.56 Å². The lowest BCUT2D eigenvalue weighted by molar-refractivity contribution is -0.157. The van der Waals surface area contributed by atoms with Gasteiger partial charge in [-0.25, -0.2) is 4.79 Å². The Hall–Kier alpha value is -1.79. The summed E-state index contributed by atoms with van der Waals surface area (Å²) >= 11 is 0. The van der Waals surface area contributed by atoms with E-state index >= 15 is 0 Å². The van der Waals surface area contributed by atoms with Crippen LogP contribution in [0.25, 0.3) is 0 Å². The van der Waals surface area contributed by atoms with Gasteiger partial charge in [0.25, 0.3) is 0 Å². The van der Waals surface area contributed by atoms with Gasteiger partial charge in [0.1, 0.15) is 0 Å². The third-order valence-corrected chi connectivity index (χ3v) is 1.88. The molecule has 3 nitrogen and oxygen atoms in total. The number of carbonyl (C=O) groups excluding carboxylic acids is 1. The highest BCUT2D eigenvalue weighted by Gasteiger charge is 2.36. The monoisotopic (exact) mass is 190 g/mol. The molecule has 0 aliphatic heterocycles. The van der Waals surface area contributed by atoms with E-state index in [-0.39, 0.29) is 0 Å². The first-order chi connectivity index (χ1) is 6.65. The molecule has 0 radical (unpaired) electrons. The van der Waals surface area contributed by atoms with Crippen molar-refractivity contribution in [3.63, 3.8) is 0 Å². The van der Waals surface area contributed by atoms with Gasteiger partial charge in [0.15, 0.2) is 0 Å². The minimum absolute atomic E-state index is 0.328. The third-order valence-electron chi connectivity index (χ3n) is 1.88. The lowest BCUT2D eigenvalue weighted by Gasteiger charge is -2.18. The number of benzene rings is 1. The highest BCUT2D eigenvalue weighted by atomic mass is 16.5. The number of hydrogen-bond donors (Lipinski definition) is 1. The van der Waals surface area contributed by atoms with Crippen LogP contribution >= 0.6 is 0 Å². The average Bonchev–Trinajstić information content (AvgIpc) is 2.28. The lowest BCUT2D eigenvalue weighted by atomic mass is 9.95. The zero-order valence-electron chi connectivity index (χ0n) is 7.73. The molecular formula is C11H10O3. The van der Waals surface area contributed by atoms with Crippen LogP contribution in [-0.2, 0) is 15.1 Å². The van der Waals surface area contributed by atoms with Crippen LogP contribution in [0.4, 0.5) is 0 Å². The highest BCUT2D eigenvalue weighted by Crippen LogP contribution is 2.21. The normalized spacial score (nSPS) is 13.8. The van der Waals surface area contributed by atoms with Crippen molar-refractivity contribution < 1.29 is 14.6 Å². The number of aliphatic hydroxyl groups is 1. The summed E-state index contributed by atoms with van der Waals surface area (Å²) in [5.74, 6) is 1.17. The first-order valence-electron chi connectivity index (χ1n) is 3.99. The second kappa shape index (κ2) is 3.95. The van der Waals surface area contributed by atoms with E-state index in [9.17, 15) is 9.90 Å². The van der Waals surface area contributed by atoms with Crippen LogP contribution in [0.2, 0.25) is 0 Å². The molecule has 0 aromatic heterocycles. The van der Waals surface area contributed by atoms with E-state index in [0.717, 1.165) is 0 Å². The molecule has 1 aromatic rings. The number of rotatable bonds is 2. The summed E-state index contributed by atoms with van der Waals surface area (Å²) in [6.07, 6.45) is 5.11. The number of hydrogen-bond acceptors (Lipinski definition) is 3. The predicted molar refractivity (Wildman–Crippen MR) is 51.2 cm³/mol. The van der Waals surface area contributed by atoms with Crippen molar-refractivity contribution in [2.45, 2.75) is 5.60 Å². The Morgan fingerprint density at radius 2 is 2.07 bits per heavy atom. The van der Waals surface area contributed by atoms with Crippen molar-refractivity contribution in [1.29, 1.82) is 0 Å². The fraction of sp³-hybridized carbons (Fsp3) is 0.182. The van der Waals surface area contributed by atoms with Crippen LogP contribution in [0, 0.1) is 12.3 Å². The summed E-state index contributed by atoms with van der Waals surface area (Å²) in [5.41, 5.74) is -1.66. The molecule has 0 bridgehead atoms. The fourth-order valence-electron chi connectivity index (χ4n) is 1.09. The predicted octanol–water partition coefficient (Wildman–Crippen LogP) is 0.680. The van der Waals surface area contributed by atoms with E-state index in [1.807, 2.05) is 5.92 Å². The Bertz CT molecular complexity index is 364. The molecule has 3 heteroatoms. The summed E-state index contributed by atoms with van der Waals surface area (Å²) in [6.45, 7) is 0. The van der Waals surface area contributed by atoms with Gasteiger partial charge in [0, 0.05) is 5.56 Å². The lowest BCUT2D eigenvalue weighted by Crippen LogP contribution is -2.35. The number of terminal acetylenes is 1. The average molecular weight is 190 g/mol. The molecule has 14 heavy (non-hydrogen) atoms. The number of methoxy groups -OCH3 is 1. The molecule has 0 amide bonds. The van der Waals surface area contributed by atoms with Gasteiger partial charge < -0.3 is 9.84 Å². The molecule has 0 aliphatic carbocycles. The van der Waals surface area contributed by atoms with Gasteiger partial charge in [0.2, 0.25) is 5.60 Å². The van der Waals surface area contributed by atoms with Crippen molar-refractivity contribution in [2.24, 2.45) is 0 Å². The molecule has 1 unspecified atom stereocenters. The maximum absolute atomic E-state index is 11.3. The van der Waals surface area contributed by atoms with Crippen molar-refractivity contribution in [3.8, 4) is 12.3 Å². The summed E-state index contributed by atoms with van der Waals surface area (Å²) in [5, 5.41) is 9.85. The van der Waals surface area contributed by atoms with Crippen molar-refractivity contribution in [3.05, 3.63) is 35.9 Å². The van der Waals surface area contributed by atoms with E-state index < -0.39 is 11.6 Å². The maximum Gasteiger partial charge on any atom is 0.355 e. The Labute approximate surface area is 82.3 Å². The van der Waals surface area contributed by atoms with Gasteiger partial charge in [0.05, 0.1) is 7.11 Å². The summed E-state index contributed by atoms with van der Waals surface area (Å²) in [7, 11) is 1.17. The van der Waals surface area contributed by atoms with E-state index in [1.54, 1.807) is 30.3 Å². The highest BCUT2D eigenvalue weighted by molar-refractivity contribution is 5.84. The number of carbonyl (C=O) groups is 1. The molecule has 0 fully saturated rings. The zero-order valence-corrected chi connectivity index (χ0v) is 7.73. The second-order valence-electron chi connectivity index (χ2n) is 2.71. The van der Waals surface area contributed by atoms with Gasteiger partial charge in [-0.05, 0) is 0 Å². The number of ether oxygens (including phenoxy) is 1. The number of esters is 1. The summed E-state index contributed by atoms with van der Waals surface area (Å²) < 4.78 is 4.43. The first-order valence-corrected chi connectivity index (χ1v) is 3.99. The smallest absolute Gasteiger partial charge is 0.355 e. The molecule has 1 rings (SSSR count). The fourth-order valence-corrected chi connectivity index (χ4v) is 1.09. The minimum Gasteiger partial charge on any atom is -0.466 e. The maximum atomic E-state index is 11.3. The molecule has 1 atom stereocenters.